The van der Waals surface area contributed by atoms with Crippen LogP contribution in [0.15, 0.2) is 11.6 Å². The number of carboxylic acids is 1. The van der Waals surface area contributed by atoms with E-state index in [4.69, 9.17) is 14.6 Å². The van der Waals surface area contributed by atoms with Gasteiger partial charge in [0.15, 0.2) is 0 Å². The highest BCUT2D eigenvalue weighted by Gasteiger charge is 2.48. The molecule has 1 unspecified atom stereocenters. The second kappa shape index (κ2) is 7.93. The molecule has 0 amide bonds. The summed E-state index contributed by atoms with van der Waals surface area (Å²) in [6, 6.07) is 0. The van der Waals surface area contributed by atoms with Crippen molar-refractivity contribution in [2.75, 3.05) is 6.61 Å². The number of aliphatic carboxylic acids is 1. The molecule has 0 aliphatic carbocycles. The van der Waals surface area contributed by atoms with Crippen LogP contribution in [0.1, 0.15) is 33.6 Å². The monoisotopic (exact) mass is 344 g/mol. The maximum absolute atomic E-state index is 10.7. The van der Waals surface area contributed by atoms with E-state index in [9.17, 15) is 20.1 Å². The van der Waals surface area contributed by atoms with Gasteiger partial charge in [0.1, 0.15) is 6.10 Å². The van der Waals surface area contributed by atoms with Crippen molar-refractivity contribution in [2.24, 2.45) is 11.8 Å². The SMILES string of the molecule is C/C(=C\C(=O)O)C[C@@H]1OC[C@H](C[C@@H]2OC2[C@@H](C)[C@H](C)O)[C@@H](O)[C@H]1O. The number of epoxide rings is 1. The van der Waals surface area contributed by atoms with Crippen molar-refractivity contribution in [1.29, 1.82) is 0 Å². The van der Waals surface area contributed by atoms with Gasteiger partial charge in [-0.3, -0.25) is 0 Å². The van der Waals surface area contributed by atoms with E-state index in [-0.39, 0.29) is 30.5 Å². The van der Waals surface area contributed by atoms with Gasteiger partial charge in [-0.05, 0) is 26.7 Å². The van der Waals surface area contributed by atoms with E-state index in [1.807, 2.05) is 6.92 Å². The van der Waals surface area contributed by atoms with Crippen molar-refractivity contribution in [2.45, 2.75) is 70.2 Å². The molecule has 0 saturated carbocycles. The highest BCUT2D eigenvalue weighted by molar-refractivity contribution is 5.80. The van der Waals surface area contributed by atoms with Crippen LogP contribution in [0, 0.1) is 11.8 Å². The van der Waals surface area contributed by atoms with Gasteiger partial charge in [-0.25, -0.2) is 4.79 Å². The van der Waals surface area contributed by atoms with Gasteiger partial charge in [0.2, 0.25) is 0 Å². The maximum atomic E-state index is 10.7. The second-order valence-corrected chi connectivity index (χ2v) is 7.12. The zero-order valence-electron chi connectivity index (χ0n) is 14.3. The molecule has 7 heteroatoms. The van der Waals surface area contributed by atoms with Crippen LogP contribution in [0.4, 0.5) is 0 Å². The lowest BCUT2D eigenvalue weighted by atomic mass is 9.85. The lowest BCUT2D eigenvalue weighted by Gasteiger charge is -2.37. The minimum atomic E-state index is -1.06. The van der Waals surface area contributed by atoms with Crippen LogP contribution in [-0.2, 0) is 14.3 Å². The Morgan fingerprint density at radius 2 is 1.92 bits per heavy atom. The van der Waals surface area contributed by atoms with Gasteiger partial charge >= 0.3 is 5.97 Å². The number of hydrogen-bond donors (Lipinski definition) is 4. The molecule has 0 aromatic rings. The molecule has 2 aliphatic rings. The molecule has 2 fully saturated rings. The molecule has 2 aliphatic heterocycles. The smallest absolute Gasteiger partial charge is 0.328 e. The van der Waals surface area contributed by atoms with Crippen molar-refractivity contribution < 1.29 is 34.7 Å². The van der Waals surface area contributed by atoms with Crippen LogP contribution in [-0.4, -0.2) is 69.6 Å². The zero-order valence-corrected chi connectivity index (χ0v) is 14.3. The van der Waals surface area contributed by atoms with E-state index in [1.54, 1.807) is 13.8 Å². The van der Waals surface area contributed by atoms with Crippen LogP contribution >= 0.6 is 0 Å². The number of ether oxygens (including phenoxy) is 2. The van der Waals surface area contributed by atoms with Crippen LogP contribution in [0.2, 0.25) is 0 Å². The number of hydrogen-bond acceptors (Lipinski definition) is 6. The lowest BCUT2D eigenvalue weighted by Crippen LogP contribution is -2.50. The Morgan fingerprint density at radius 1 is 1.25 bits per heavy atom. The third-order valence-corrected chi connectivity index (χ3v) is 5.07. The molecule has 0 bridgehead atoms. The minimum absolute atomic E-state index is 0.0205. The number of carboxylic acid groups (broad SMARTS) is 1. The third-order valence-electron chi connectivity index (χ3n) is 5.07. The number of rotatable bonds is 7. The highest BCUT2D eigenvalue weighted by Crippen LogP contribution is 2.38. The summed E-state index contributed by atoms with van der Waals surface area (Å²) in [5.41, 5.74) is 0.577. The van der Waals surface area contributed by atoms with E-state index >= 15 is 0 Å². The summed E-state index contributed by atoms with van der Waals surface area (Å²) < 4.78 is 11.2. The molecule has 0 aromatic heterocycles. The van der Waals surface area contributed by atoms with E-state index in [2.05, 4.69) is 0 Å². The Kier molecular flexibility index (Phi) is 6.39. The first kappa shape index (κ1) is 19.3. The average molecular weight is 344 g/mol. The van der Waals surface area contributed by atoms with Gasteiger partial charge in [0, 0.05) is 17.9 Å². The molecule has 24 heavy (non-hydrogen) atoms. The molecular weight excluding hydrogens is 316 g/mol. The molecule has 7 nitrogen and oxygen atoms in total. The fourth-order valence-corrected chi connectivity index (χ4v) is 3.30. The molecule has 2 heterocycles. The predicted octanol–water partition coefficient (Wildman–Crippen LogP) is 0.319. The fourth-order valence-electron chi connectivity index (χ4n) is 3.30. The summed E-state index contributed by atoms with van der Waals surface area (Å²) >= 11 is 0. The quantitative estimate of drug-likeness (QED) is 0.388. The highest BCUT2D eigenvalue weighted by atomic mass is 16.6. The first-order chi connectivity index (χ1) is 11.2. The molecule has 138 valence electrons. The molecule has 8 atom stereocenters. The molecular formula is C17H28O7. The van der Waals surface area contributed by atoms with Gasteiger partial charge in [-0.2, -0.15) is 0 Å². The molecule has 2 rings (SSSR count). The van der Waals surface area contributed by atoms with Gasteiger partial charge in [-0.15, -0.1) is 0 Å². The molecule has 2 saturated heterocycles. The van der Waals surface area contributed by atoms with Crippen LogP contribution in [0.25, 0.3) is 0 Å². The van der Waals surface area contributed by atoms with E-state index in [0.29, 0.717) is 18.6 Å². The summed E-state index contributed by atoms with van der Waals surface area (Å²) in [5.74, 6) is -1.25. The van der Waals surface area contributed by atoms with Gasteiger partial charge in [0.05, 0.1) is 37.1 Å². The summed E-state index contributed by atoms with van der Waals surface area (Å²) in [4.78, 5) is 10.7. The molecule has 4 N–H and O–H groups in total. The Morgan fingerprint density at radius 3 is 2.50 bits per heavy atom. The Hall–Kier alpha value is -0.990. The first-order valence-electron chi connectivity index (χ1n) is 8.42. The molecule has 0 aromatic carbocycles. The van der Waals surface area contributed by atoms with Crippen molar-refractivity contribution in [3.63, 3.8) is 0 Å². The third kappa shape index (κ3) is 4.77. The van der Waals surface area contributed by atoms with Gasteiger partial charge in [-0.1, -0.05) is 12.5 Å². The Balaban J connectivity index is 1.84. The second-order valence-electron chi connectivity index (χ2n) is 7.12. The summed E-state index contributed by atoms with van der Waals surface area (Å²) in [7, 11) is 0. The standard InChI is InChI=1S/C17H28O7/c1-8(5-14(19)20)4-12-16(22)15(21)11(7-23-12)6-13-17(24-13)9(2)10(3)18/h5,9-13,15-18,21-22H,4,6-7H2,1-3H3,(H,19,20)/b8-5+/t9-,10-,11-,12-,13-,15+,16-,17?/m0/s1. The Bertz CT molecular complexity index is 476. The van der Waals surface area contributed by atoms with Crippen molar-refractivity contribution in [1.82, 2.24) is 0 Å². The number of aliphatic hydroxyl groups is 3. The normalized spacial score (nSPS) is 39.3. The number of aliphatic hydroxyl groups excluding tert-OH is 3. The average Bonchev–Trinajstić information content (AvgIpc) is 3.24. The van der Waals surface area contributed by atoms with Crippen molar-refractivity contribution in [3.05, 3.63) is 11.6 Å². The zero-order chi connectivity index (χ0) is 18.0. The predicted molar refractivity (Wildman–Crippen MR) is 85.4 cm³/mol. The lowest BCUT2D eigenvalue weighted by molar-refractivity contribution is -0.165. The minimum Gasteiger partial charge on any atom is -0.478 e. The Labute approximate surface area is 141 Å². The van der Waals surface area contributed by atoms with Crippen molar-refractivity contribution in [3.8, 4) is 0 Å². The fraction of sp³-hybridized carbons (Fsp3) is 0.824. The van der Waals surface area contributed by atoms with E-state index in [1.165, 1.54) is 0 Å². The van der Waals surface area contributed by atoms with Crippen molar-refractivity contribution >= 4 is 5.97 Å². The van der Waals surface area contributed by atoms with Crippen LogP contribution in [0.3, 0.4) is 0 Å². The summed E-state index contributed by atoms with van der Waals surface area (Å²) in [6.45, 7) is 5.59. The summed E-state index contributed by atoms with van der Waals surface area (Å²) in [5, 5.41) is 38.9. The van der Waals surface area contributed by atoms with Gasteiger partial charge in [0.25, 0.3) is 0 Å². The largest absolute Gasteiger partial charge is 0.478 e. The number of carbonyl (C=O) groups is 1. The maximum Gasteiger partial charge on any atom is 0.328 e. The molecule has 0 radical (unpaired) electrons. The van der Waals surface area contributed by atoms with Crippen LogP contribution < -0.4 is 0 Å². The van der Waals surface area contributed by atoms with E-state index < -0.39 is 30.4 Å². The topological polar surface area (TPSA) is 120 Å². The molecule has 0 spiro atoms. The first-order valence-corrected chi connectivity index (χ1v) is 8.42. The van der Waals surface area contributed by atoms with E-state index in [0.717, 1.165) is 6.08 Å². The van der Waals surface area contributed by atoms with Gasteiger partial charge < -0.3 is 29.9 Å². The summed E-state index contributed by atoms with van der Waals surface area (Å²) in [6.07, 6.45) is -1.21. The van der Waals surface area contributed by atoms with Crippen LogP contribution in [0.5, 0.6) is 0 Å².